The highest BCUT2D eigenvalue weighted by Crippen LogP contribution is 2.36. The van der Waals surface area contributed by atoms with Crippen molar-refractivity contribution in [2.45, 2.75) is 37.3 Å². The number of rotatable bonds is 7. The number of carbonyl (C=O) groups is 2. The van der Waals surface area contributed by atoms with E-state index >= 15 is 0 Å². The normalized spacial score (nSPS) is 16.6. The molecule has 162 valence electrons. The minimum Gasteiger partial charge on any atom is -0.481 e. The van der Waals surface area contributed by atoms with Crippen LogP contribution < -0.4 is 0 Å². The van der Waals surface area contributed by atoms with E-state index in [9.17, 15) is 31.2 Å². The van der Waals surface area contributed by atoms with Gasteiger partial charge in [-0.1, -0.05) is 12.1 Å². The fourth-order valence-electron chi connectivity index (χ4n) is 3.32. The van der Waals surface area contributed by atoms with Crippen molar-refractivity contribution in [3.63, 3.8) is 0 Å². The number of sulfonamides is 1. The maximum absolute atomic E-state index is 13.2. The second-order valence-electron chi connectivity index (χ2n) is 6.73. The number of halogens is 3. The Morgan fingerprint density at radius 1 is 1.21 bits per heavy atom. The van der Waals surface area contributed by atoms with Gasteiger partial charge in [0.05, 0.1) is 16.9 Å². The van der Waals surface area contributed by atoms with Gasteiger partial charge in [-0.15, -0.1) is 0 Å². The molecule has 0 aliphatic carbocycles. The molecule has 1 heterocycles. The Morgan fingerprint density at radius 3 is 2.31 bits per heavy atom. The summed E-state index contributed by atoms with van der Waals surface area (Å²) in [5.41, 5.74) is -1.22. The zero-order valence-electron chi connectivity index (χ0n) is 15.9. The van der Waals surface area contributed by atoms with E-state index in [2.05, 4.69) is 0 Å². The average Bonchev–Trinajstić information content (AvgIpc) is 2.67. The van der Waals surface area contributed by atoms with Gasteiger partial charge in [-0.05, 0) is 31.9 Å². The molecule has 2 rings (SSSR count). The third-order valence-corrected chi connectivity index (χ3v) is 6.86. The molecule has 1 saturated heterocycles. The molecule has 0 spiro atoms. The molecule has 1 N–H and O–H groups in total. The predicted molar refractivity (Wildman–Crippen MR) is 97.4 cm³/mol. The minimum atomic E-state index is -4.80. The Bertz CT molecular complexity index is 849. The van der Waals surface area contributed by atoms with E-state index < -0.39 is 38.5 Å². The van der Waals surface area contributed by atoms with Crippen molar-refractivity contribution in [3.05, 3.63) is 29.8 Å². The first-order valence-electron chi connectivity index (χ1n) is 9.15. The Labute approximate surface area is 167 Å². The Kier molecular flexibility index (Phi) is 7.28. The SMILES string of the molecule is CCN(CCC(=O)O)C(=O)C1CCN(S(=O)(=O)c2ccccc2C(F)(F)F)CC1. The Hall–Kier alpha value is -2.14. The second-order valence-corrected chi connectivity index (χ2v) is 8.64. The van der Waals surface area contributed by atoms with Gasteiger partial charge in [0.2, 0.25) is 15.9 Å². The first kappa shape index (κ1) is 23.1. The average molecular weight is 436 g/mol. The van der Waals surface area contributed by atoms with Crippen LogP contribution in [-0.2, 0) is 25.8 Å². The Balaban J connectivity index is 2.11. The summed E-state index contributed by atoms with van der Waals surface area (Å²) < 4.78 is 66.1. The van der Waals surface area contributed by atoms with Crippen molar-refractivity contribution in [1.29, 1.82) is 0 Å². The molecule has 1 amide bonds. The second kappa shape index (κ2) is 9.12. The van der Waals surface area contributed by atoms with Crippen LogP contribution in [0, 0.1) is 5.92 Å². The lowest BCUT2D eigenvalue weighted by molar-refractivity contribution is -0.141. The van der Waals surface area contributed by atoms with E-state index in [0.717, 1.165) is 22.5 Å². The number of hydrogen-bond acceptors (Lipinski definition) is 4. The molecule has 0 saturated carbocycles. The number of hydrogen-bond donors (Lipinski definition) is 1. The Morgan fingerprint density at radius 2 is 1.79 bits per heavy atom. The van der Waals surface area contributed by atoms with Crippen molar-refractivity contribution >= 4 is 21.9 Å². The van der Waals surface area contributed by atoms with Crippen LogP contribution in [0.4, 0.5) is 13.2 Å². The van der Waals surface area contributed by atoms with E-state index in [4.69, 9.17) is 5.11 Å². The van der Waals surface area contributed by atoms with Gasteiger partial charge < -0.3 is 10.0 Å². The molecule has 0 unspecified atom stereocenters. The predicted octanol–water partition coefficient (Wildman–Crippen LogP) is 2.43. The van der Waals surface area contributed by atoms with E-state index in [-0.39, 0.29) is 44.8 Å². The molecule has 1 aliphatic heterocycles. The molecule has 0 bridgehead atoms. The summed E-state index contributed by atoms with van der Waals surface area (Å²) in [6.07, 6.45) is -4.67. The number of carboxylic acid groups (broad SMARTS) is 1. The van der Waals surface area contributed by atoms with Gasteiger partial charge in [-0.2, -0.15) is 17.5 Å². The monoisotopic (exact) mass is 436 g/mol. The van der Waals surface area contributed by atoms with Crippen LogP contribution in [0.5, 0.6) is 0 Å². The molecule has 0 aromatic heterocycles. The summed E-state index contributed by atoms with van der Waals surface area (Å²) >= 11 is 0. The summed E-state index contributed by atoms with van der Waals surface area (Å²) in [6.45, 7) is 1.93. The molecule has 1 aromatic rings. The lowest BCUT2D eigenvalue weighted by atomic mass is 9.96. The third-order valence-electron chi connectivity index (χ3n) is 4.90. The standard InChI is InChI=1S/C18H23F3N2O5S/c1-2-22(10-9-16(24)25)17(26)13-7-11-23(12-8-13)29(27,28)15-6-4-3-5-14(15)18(19,20)21/h3-6,13H,2,7-12H2,1H3,(H,24,25). The quantitative estimate of drug-likeness (QED) is 0.709. The van der Waals surface area contributed by atoms with Crippen LogP contribution >= 0.6 is 0 Å². The number of piperidine rings is 1. The highest BCUT2D eigenvalue weighted by Gasteiger charge is 2.40. The van der Waals surface area contributed by atoms with Crippen LogP contribution in [0.3, 0.4) is 0 Å². The molecular formula is C18H23F3N2O5S. The number of benzene rings is 1. The number of alkyl halides is 3. The van der Waals surface area contributed by atoms with Gasteiger partial charge in [0.1, 0.15) is 0 Å². The smallest absolute Gasteiger partial charge is 0.417 e. The van der Waals surface area contributed by atoms with Crippen molar-refractivity contribution in [2.75, 3.05) is 26.2 Å². The molecule has 0 radical (unpaired) electrons. The maximum atomic E-state index is 13.2. The van der Waals surface area contributed by atoms with E-state index in [0.29, 0.717) is 6.54 Å². The highest BCUT2D eigenvalue weighted by molar-refractivity contribution is 7.89. The number of amides is 1. The van der Waals surface area contributed by atoms with Crippen molar-refractivity contribution in [3.8, 4) is 0 Å². The first-order valence-corrected chi connectivity index (χ1v) is 10.6. The van der Waals surface area contributed by atoms with Gasteiger partial charge in [-0.3, -0.25) is 9.59 Å². The largest absolute Gasteiger partial charge is 0.481 e. The molecular weight excluding hydrogens is 413 g/mol. The van der Waals surface area contributed by atoms with Crippen molar-refractivity contribution < 1.29 is 36.3 Å². The number of carbonyl (C=O) groups excluding carboxylic acids is 1. The number of carboxylic acids is 1. The molecule has 0 atom stereocenters. The summed E-state index contributed by atoms with van der Waals surface area (Å²) in [6, 6.07) is 4.02. The van der Waals surface area contributed by atoms with Gasteiger partial charge >= 0.3 is 12.1 Å². The van der Waals surface area contributed by atoms with Gasteiger partial charge in [0.25, 0.3) is 0 Å². The fraction of sp³-hybridized carbons (Fsp3) is 0.556. The molecule has 1 aliphatic rings. The lowest BCUT2D eigenvalue weighted by Gasteiger charge is -2.33. The van der Waals surface area contributed by atoms with Crippen LogP contribution in [0.25, 0.3) is 0 Å². The zero-order chi connectivity index (χ0) is 21.8. The summed E-state index contributed by atoms with van der Waals surface area (Å²) in [5, 5.41) is 8.77. The summed E-state index contributed by atoms with van der Waals surface area (Å²) in [7, 11) is -4.36. The number of nitrogens with zero attached hydrogens (tertiary/aromatic N) is 2. The van der Waals surface area contributed by atoms with Crippen LogP contribution in [0.15, 0.2) is 29.2 Å². The molecule has 29 heavy (non-hydrogen) atoms. The number of aliphatic carboxylic acids is 1. The minimum absolute atomic E-state index is 0.0577. The molecule has 1 aromatic carbocycles. The van der Waals surface area contributed by atoms with Crippen LogP contribution in [-0.4, -0.2) is 60.8 Å². The molecule has 1 fully saturated rings. The molecule has 11 heteroatoms. The first-order chi connectivity index (χ1) is 13.5. The summed E-state index contributed by atoms with van der Waals surface area (Å²) in [4.78, 5) is 23.9. The van der Waals surface area contributed by atoms with Crippen molar-refractivity contribution in [1.82, 2.24) is 9.21 Å². The summed E-state index contributed by atoms with van der Waals surface area (Å²) in [5.74, 6) is -1.78. The van der Waals surface area contributed by atoms with E-state index in [1.54, 1.807) is 6.92 Å². The van der Waals surface area contributed by atoms with Crippen LogP contribution in [0.2, 0.25) is 0 Å². The van der Waals surface area contributed by atoms with Gasteiger partial charge in [0.15, 0.2) is 0 Å². The maximum Gasteiger partial charge on any atom is 0.417 e. The van der Waals surface area contributed by atoms with E-state index in [1.807, 2.05) is 0 Å². The van der Waals surface area contributed by atoms with E-state index in [1.165, 1.54) is 11.0 Å². The third kappa shape index (κ3) is 5.47. The van der Waals surface area contributed by atoms with Gasteiger partial charge in [-0.25, -0.2) is 8.42 Å². The highest BCUT2D eigenvalue weighted by atomic mass is 32.2. The molecule has 7 nitrogen and oxygen atoms in total. The van der Waals surface area contributed by atoms with Crippen LogP contribution in [0.1, 0.15) is 31.7 Å². The zero-order valence-corrected chi connectivity index (χ0v) is 16.7. The van der Waals surface area contributed by atoms with Crippen molar-refractivity contribution in [2.24, 2.45) is 5.92 Å². The lowest BCUT2D eigenvalue weighted by Crippen LogP contribution is -2.45. The topological polar surface area (TPSA) is 95.0 Å². The van der Waals surface area contributed by atoms with Gasteiger partial charge in [0, 0.05) is 32.1 Å². The fourth-order valence-corrected chi connectivity index (χ4v) is 5.00.